The molecule has 1 N–H and O–H groups in total. The van der Waals surface area contributed by atoms with Gasteiger partial charge in [-0.25, -0.2) is 4.68 Å². The third-order valence-electron chi connectivity index (χ3n) is 6.38. The van der Waals surface area contributed by atoms with Crippen molar-refractivity contribution in [2.75, 3.05) is 6.54 Å². The Hall–Kier alpha value is -2.27. The molecule has 4 nitrogen and oxygen atoms in total. The zero-order chi connectivity index (χ0) is 24.2. The number of hydrogen-bond acceptors (Lipinski definition) is 2. The lowest BCUT2D eigenvalue weighted by atomic mass is 9.89. The van der Waals surface area contributed by atoms with Gasteiger partial charge in [-0.3, -0.25) is 4.79 Å². The van der Waals surface area contributed by atoms with E-state index in [2.05, 4.69) is 5.32 Å². The van der Waals surface area contributed by atoms with Crippen LogP contribution < -0.4 is 5.32 Å². The molecule has 0 saturated heterocycles. The van der Waals surface area contributed by atoms with E-state index in [-0.39, 0.29) is 5.91 Å². The number of benzene rings is 2. The number of allylic oxidation sites excluding steroid dienone is 1. The van der Waals surface area contributed by atoms with Crippen molar-refractivity contribution < 1.29 is 4.79 Å². The number of amides is 1. The van der Waals surface area contributed by atoms with Crippen LogP contribution in [0.4, 0.5) is 0 Å². The number of aromatic nitrogens is 2. The minimum Gasteiger partial charge on any atom is -0.350 e. The van der Waals surface area contributed by atoms with E-state index in [4.69, 9.17) is 39.9 Å². The van der Waals surface area contributed by atoms with Crippen molar-refractivity contribution in [1.29, 1.82) is 0 Å². The molecule has 1 saturated carbocycles. The van der Waals surface area contributed by atoms with Crippen molar-refractivity contribution >= 4 is 52.4 Å². The number of carbonyl (C=O) groups is 1. The van der Waals surface area contributed by atoms with Crippen molar-refractivity contribution in [2.24, 2.45) is 5.92 Å². The van der Waals surface area contributed by atoms with Crippen LogP contribution in [0, 0.1) is 12.8 Å². The molecule has 1 amide bonds. The molecule has 0 spiro atoms. The quantitative estimate of drug-likeness (QED) is 0.360. The summed E-state index contributed by atoms with van der Waals surface area (Å²) in [6.45, 7) is 4.61. The standard InChI is InChI=1S/C27H28Cl3N3O/c1-17(14-19-8-10-21(28)11-9-19)26-18(2)25(27(34)31-16-20-6-4-3-5-7-20)32-33(26)24-13-12-22(29)15-23(24)30/h8-15,20H,3-7,16H2,1-2H3,(H,31,34)/b17-14+. The fraction of sp³-hybridized carbons (Fsp3) is 0.333. The van der Waals surface area contributed by atoms with Crippen molar-refractivity contribution in [3.8, 4) is 5.69 Å². The molecule has 3 aromatic rings. The Morgan fingerprint density at radius 1 is 1.06 bits per heavy atom. The first-order chi connectivity index (χ1) is 16.3. The molecule has 178 valence electrons. The Bertz CT molecular complexity index is 1210. The molecule has 1 aliphatic carbocycles. The van der Waals surface area contributed by atoms with Crippen LogP contribution in [0.5, 0.6) is 0 Å². The van der Waals surface area contributed by atoms with Gasteiger partial charge < -0.3 is 5.32 Å². The molecular weight excluding hydrogens is 489 g/mol. The van der Waals surface area contributed by atoms with Crippen LogP contribution in [0.1, 0.15) is 66.3 Å². The number of carbonyl (C=O) groups excluding carboxylic acids is 1. The summed E-state index contributed by atoms with van der Waals surface area (Å²) in [6.07, 6.45) is 8.15. The van der Waals surface area contributed by atoms with Gasteiger partial charge in [-0.2, -0.15) is 5.10 Å². The first-order valence-electron chi connectivity index (χ1n) is 11.6. The summed E-state index contributed by atoms with van der Waals surface area (Å²) in [5.41, 5.74) is 4.64. The van der Waals surface area contributed by atoms with Crippen molar-refractivity contribution in [3.63, 3.8) is 0 Å². The summed E-state index contributed by atoms with van der Waals surface area (Å²) in [4.78, 5) is 13.2. The monoisotopic (exact) mass is 515 g/mol. The summed E-state index contributed by atoms with van der Waals surface area (Å²) < 4.78 is 1.74. The molecule has 0 atom stereocenters. The lowest BCUT2D eigenvalue weighted by molar-refractivity contribution is 0.0937. The molecule has 1 fully saturated rings. The maximum Gasteiger partial charge on any atom is 0.272 e. The SMILES string of the molecule is C/C(=C\c1ccc(Cl)cc1)c1c(C)c(C(=O)NCC2CCCCC2)nn1-c1ccc(Cl)cc1Cl. The van der Waals surface area contributed by atoms with Crippen LogP contribution >= 0.6 is 34.8 Å². The summed E-state index contributed by atoms with van der Waals surface area (Å²) in [7, 11) is 0. The summed E-state index contributed by atoms with van der Waals surface area (Å²) in [5, 5.41) is 9.53. The summed E-state index contributed by atoms with van der Waals surface area (Å²) in [6, 6.07) is 12.9. The van der Waals surface area contributed by atoms with E-state index in [9.17, 15) is 4.79 Å². The smallest absolute Gasteiger partial charge is 0.272 e. The number of hydrogen-bond donors (Lipinski definition) is 1. The zero-order valence-electron chi connectivity index (χ0n) is 19.4. The average molecular weight is 517 g/mol. The number of rotatable bonds is 6. The van der Waals surface area contributed by atoms with E-state index >= 15 is 0 Å². The van der Waals surface area contributed by atoms with E-state index in [1.807, 2.05) is 50.3 Å². The molecular formula is C27H28Cl3N3O. The van der Waals surface area contributed by atoms with Gasteiger partial charge in [0.25, 0.3) is 5.91 Å². The molecule has 34 heavy (non-hydrogen) atoms. The summed E-state index contributed by atoms with van der Waals surface area (Å²) in [5.74, 6) is 0.379. The second kappa shape index (κ2) is 11.0. The van der Waals surface area contributed by atoms with Crippen molar-refractivity contribution in [1.82, 2.24) is 15.1 Å². The van der Waals surface area contributed by atoms with E-state index in [0.717, 1.165) is 22.4 Å². The predicted molar refractivity (Wildman–Crippen MR) is 142 cm³/mol. The second-order valence-corrected chi connectivity index (χ2v) is 10.2. The highest BCUT2D eigenvalue weighted by Crippen LogP contribution is 2.31. The number of nitrogens with one attached hydrogen (secondary N) is 1. The van der Waals surface area contributed by atoms with Crippen LogP contribution in [0.25, 0.3) is 17.3 Å². The molecule has 0 radical (unpaired) electrons. The van der Waals surface area contributed by atoms with Gasteiger partial charge in [0, 0.05) is 22.2 Å². The van der Waals surface area contributed by atoms with E-state index in [1.165, 1.54) is 32.1 Å². The molecule has 0 unspecified atom stereocenters. The molecule has 1 aromatic heterocycles. The topological polar surface area (TPSA) is 46.9 Å². The van der Waals surface area contributed by atoms with Gasteiger partial charge in [0.1, 0.15) is 0 Å². The fourth-order valence-electron chi connectivity index (χ4n) is 4.59. The van der Waals surface area contributed by atoms with Gasteiger partial charge in [-0.15, -0.1) is 0 Å². The van der Waals surface area contributed by atoms with Crippen LogP contribution in [0.15, 0.2) is 42.5 Å². The summed E-state index contributed by atoms with van der Waals surface area (Å²) >= 11 is 18.7. The molecule has 0 bridgehead atoms. The minimum atomic E-state index is -0.160. The minimum absolute atomic E-state index is 0.160. The predicted octanol–water partition coefficient (Wildman–Crippen LogP) is 8.01. The van der Waals surface area contributed by atoms with Crippen molar-refractivity contribution in [2.45, 2.75) is 46.0 Å². The lowest BCUT2D eigenvalue weighted by Gasteiger charge is -2.21. The van der Waals surface area contributed by atoms with Crippen LogP contribution in [0.3, 0.4) is 0 Å². The van der Waals surface area contributed by atoms with Crippen LogP contribution in [-0.4, -0.2) is 22.2 Å². The Morgan fingerprint density at radius 3 is 2.41 bits per heavy atom. The Balaban J connectivity index is 1.72. The second-order valence-electron chi connectivity index (χ2n) is 8.92. The van der Waals surface area contributed by atoms with Gasteiger partial charge in [0.15, 0.2) is 5.69 Å². The highest BCUT2D eigenvalue weighted by Gasteiger charge is 2.24. The maximum atomic E-state index is 13.2. The normalized spacial score (nSPS) is 14.9. The molecule has 1 aliphatic rings. The highest BCUT2D eigenvalue weighted by molar-refractivity contribution is 6.35. The third kappa shape index (κ3) is 5.68. The average Bonchev–Trinajstić information content (AvgIpc) is 3.16. The van der Waals surface area contributed by atoms with Crippen molar-refractivity contribution in [3.05, 3.63) is 80.0 Å². The third-order valence-corrected chi connectivity index (χ3v) is 7.17. The Kier molecular flexibility index (Phi) is 8.02. The van der Waals surface area contributed by atoms with Gasteiger partial charge >= 0.3 is 0 Å². The van der Waals surface area contributed by atoms with Gasteiger partial charge in [-0.05, 0) is 80.2 Å². The van der Waals surface area contributed by atoms with Gasteiger partial charge in [0.2, 0.25) is 0 Å². The lowest BCUT2D eigenvalue weighted by Crippen LogP contribution is -2.31. The largest absolute Gasteiger partial charge is 0.350 e. The molecule has 4 rings (SSSR count). The Morgan fingerprint density at radius 2 is 1.74 bits per heavy atom. The number of halogens is 3. The van der Waals surface area contributed by atoms with E-state index < -0.39 is 0 Å². The van der Waals surface area contributed by atoms with Crippen LogP contribution in [-0.2, 0) is 0 Å². The molecule has 7 heteroatoms. The Labute approximate surface area is 215 Å². The van der Waals surface area contributed by atoms with Gasteiger partial charge in [0.05, 0.1) is 16.4 Å². The first-order valence-corrected chi connectivity index (χ1v) is 12.7. The zero-order valence-corrected chi connectivity index (χ0v) is 21.6. The van der Waals surface area contributed by atoms with E-state index in [0.29, 0.717) is 38.9 Å². The van der Waals surface area contributed by atoms with Crippen LogP contribution in [0.2, 0.25) is 15.1 Å². The molecule has 2 aromatic carbocycles. The highest BCUT2D eigenvalue weighted by atomic mass is 35.5. The fourth-order valence-corrected chi connectivity index (χ4v) is 5.21. The molecule has 1 heterocycles. The molecule has 0 aliphatic heterocycles. The number of nitrogens with zero attached hydrogens (tertiary/aromatic N) is 2. The van der Waals surface area contributed by atoms with E-state index in [1.54, 1.807) is 16.8 Å². The first kappa shape index (κ1) is 24.8. The van der Waals surface area contributed by atoms with Gasteiger partial charge in [-0.1, -0.05) is 66.2 Å². The maximum absolute atomic E-state index is 13.2.